The summed E-state index contributed by atoms with van der Waals surface area (Å²) in [5, 5.41) is 4.51. The van der Waals surface area contributed by atoms with Gasteiger partial charge in [0, 0.05) is 11.6 Å². The van der Waals surface area contributed by atoms with Crippen molar-refractivity contribution >= 4 is 22.6 Å². The van der Waals surface area contributed by atoms with E-state index in [2.05, 4.69) is 5.32 Å². The predicted molar refractivity (Wildman–Crippen MR) is 77.9 cm³/mol. The van der Waals surface area contributed by atoms with Crippen LogP contribution in [0.5, 0.6) is 0 Å². The van der Waals surface area contributed by atoms with Crippen molar-refractivity contribution < 1.29 is 14.3 Å². The Morgan fingerprint density at radius 1 is 1.15 bits per heavy atom. The van der Waals surface area contributed by atoms with Gasteiger partial charge in [0.15, 0.2) is 0 Å². The molecule has 0 radical (unpaired) electrons. The zero-order chi connectivity index (χ0) is 14.7. The number of ether oxygens (including phenoxy) is 1. The summed E-state index contributed by atoms with van der Waals surface area (Å²) in [5.41, 5.74) is 0.992. The number of rotatable bonds is 3. The van der Waals surface area contributed by atoms with Crippen LogP contribution in [0.2, 0.25) is 0 Å². The third-order valence-corrected chi connectivity index (χ3v) is 2.97. The number of benzene rings is 2. The summed E-state index contributed by atoms with van der Waals surface area (Å²) in [6, 6.07) is 10.7. The predicted octanol–water partition coefficient (Wildman–Crippen LogP) is 2.76. The Morgan fingerprint density at radius 3 is 2.55 bits per heavy atom. The average molecular weight is 271 g/mol. The van der Waals surface area contributed by atoms with Gasteiger partial charge in [-0.15, -0.1) is 0 Å². The number of carbonyl (C=O) groups excluding carboxylic acids is 2. The largest absolute Gasteiger partial charge is 0.465 e. The molecule has 2 rings (SSSR count). The van der Waals surface area contributed by atoms with Gasteiger partial charge in [-0.25, -0.2) is 4.79 Å². The first-order chi connectivity index (χ1) is 9.52. The van der Waals surface area contributed by atoms with Crippen molar-refractivity contribution in [2.75, 3.05) is 7.11 Å². The highest BCUT2D eigenvalue weighted by Crippen LogP contribution is 2.21. The molecule has 4 nitrogen and oxygen atoms in total. The fourth-order valence-electron chi connectivity index (χ4n) is 2.06. The van der Waals surface area contributed by atoms with Crippen LogP contribution in [0.4, 0.5) is 0 Å². The lowest BCUT2D eigenvalue weighted by Gasteiger charge is -2.11. The first kappa shape index (κ1) is 14.1. The van der Waals surface area contributed by atoms with E-state index in [0.717, 1.165) is 10.8 Å². The highest BCUT2D eigenvalue weighted by molar-refractivity contribution is 6.08. The van der Waals surface area contributed by atoms with Gasteiger partial charge in [0.2, 0.25) is 0 Å². The second kappa shape index (κ2) is 5.74. The van der Waals surface area contributed by atoms with Gasteiger partial charge in [0.1, 0.15) is 0 Å². The van der Waals surface area contributed by atoms with Gasteiger partial charge in [-0.1, -0.05) is 18.2 Å². The third-order valence-electron chi connectivity index (χ3n) is 2.97. The van der Waals surface area contributed by atoms with E-state index in [1.807, 2.05) is 32.0 Å². The monoisotopic (exact) mass is 271 g/mol. The van der Waals surface area contributed by atoms with Crippen LogP contribution in [0, 0.1) is 0 Å². The molecule has 1 N–H and O–H groups in total. The van der Waals surface area contributed by atoms with Crippen LogP contribution < -0.4 is 5.32 Å². The number of amides is 1. The van der Waals surface area contributed by atoms with Gasteiger partial charge in [-0.2, -0.15) is 0 Å². The molecule has 0 aromatic heterocycles. The van der Waals surface area contributed by atoms with Crippen molar-refractivity contribution in [1.82, 2.24) is 5.32 Å². The van der Waals surface area contributed by atoms with Crippen molar-refractivity contribution in [3.8, 4) is 0 Å². The molecular weight excluding hydrogens is 254 g/mol. The van der Waals surface area contributed by atoms with E-state index >= 15 is 0 Å². The maximum Gasteiger partial charge on any atom is 0.337 e. The molecule has 4 heteroatoms. The zero-order valence-corrected chi connectivity index (χ0v) is 11.8. The number of fused-ring (bicyclic) bond motifs is 1. The second-order valence-electron chi connectivity index (χ2n) is 4.86. The summed E-state index contributed by atoms with van der Waals surface area (Å²) in [7, 11) is 1.34. The standard InChI is InChI=1S/C16H17NO3/c1-10(2)17-15(18)13-6-4-5-11-7-8-12(9-14(11)13)16(19)20-3/h4-10H,1-3H3,(H,17,18). The van der Waals surface area contributed by atoms with Crippen LogP contribution in [0.3, 0.4) is 0 Å². The molecule has 0 heterocycles. The molecule has 0 fully saturated rings. The highest BCUT2D eigenvalue weighted by Gasteiger charge is 2.13. The summed E-state index contributed by atoms with van der Waals surface area (Å²) < 4.78 is 4.71. The van der Waals surface area contributed by atoms with E-state index in [9.17, 15) is 9.59 Å². The van der Waals surface area contributed by atoms with Crippen LogP contribution in [-0.4, -0.2) is 25.0 Å². The summed E-state index contributed by atoms with van der Waals surface area (Å²) in [4.78, 5) is 23.8. The average Bonchev–Trinajstić information content (AvgIpc) is 2.44. The van der Waals surface area contributed by atoms with Gasteiger partial charge in [0.05, 0.1) is 12.7 Å². The third kappa shape index (κ3) is 2.79. The van der Waals surface area contributed by atoms with Crippen molar-refractivity contribution in [2.24, 2.45) is 0 Å². The number of methoxy groups -OCH3 is 1. The van der Waals surface area contributed by atoms with Gasteiger partial charge >= 0.3 is 5.97 Å². The molecule has 2 aromatic carbocycles. The van der Waals surface area contributed by atoms with Crippen LogP contribution in [0.15, 0.2) is 36.4 Å². The van der Waals surface area contributed by atoms with Crippen molar-refractivity contribution in [1.29, 1.82) is 0 Å². The van der Waals surface area contributed by atoms with Crippen LogP contribution in [0.25, 0.3) is 10.8 Å². The summed E-state index contributed by atoms with van der Waals surface area (Å²) in [5.74, 6) is -0.557. The highest BCUT2D eigenvalue weighted by atomic mass is 16.5. The Labute approximate surface area is 117 Å². The molecule has 0 bridgehead atoms. The molecule has 0 atom stereocenters. The van der Waals surface area contributed by atoms with Gasteiger partial charge < -0.3 is 10.1 Å². The minimum absolute atomic E-state index is 0.0570. The number of hydrogen-bond donors (Lipinski definition) is 1. The Balaban J connectivity index is 2.54. The molecular formula is C16H17NO3. The Bertz CT molecular complexity index is 662. The summed E-state index contributed by atoms with van der Waals surface area (Å²) in [6.07, 6.45) is 0. The van der Waals surface area contributed by atoms with Gasteiger partial charge in [-0.3, -0.25) is 4.79 Å². The van der Waals surface area contributed by atoms with Gasteiger partial charge in [-0.05, 0) is 42.8 Å². The molecule has 0 aliphatic carbocycles. The Hall–Kier alpha value is -2.36. The summed E-state index contributed by atoms with van der Waals surface area (Å²) in [6.45, 7) is 3.81. The fourth-order valence-corrected chi connectivity index (χ4v) is 2.06. The molecule has 1 amide bonds. The normalized spacial score (nSPS) is 10.6. The molecule has 0 aliphatic rings. The number of esters is 1. The molecule has 0 saturated carbocycles. The van der Waals surface area contributed by atoms with Crippen LogP contribution >= 0.6 is 0 Å². The minimum atomic E-state index is -0.411. The topological polar surface area (TPSA) is 55.4 Å². The Kier molecular flexibility index (Phi) is 4.03. The molecule has 2 aromatic rings. The van der Waals surface area contributed by atoms with E-state index in [0.29, 0.717) is 11.1 Å². The maximum atomic E-state index is 12.2. The fraction of sp³-hybridized carbons (Fsp3) is 0.250. The van der Waals surface area contributed by atoms with Crippen molar-refractivity contribution in [3.05, 3.63) is 47.5 Å². The first-order valence-corrected chi connectivity index (χ1v) is 6.45. The molecule has 0 spiro atoms. The molecule has 0 saturated heterocycles. The molecule has 104 valence electrons. The Morgan fingerprint density at radius 2 is 1.90 bits per heavy atom. The first-order valence-electron chi connectivity index (χ1n) is 6.45. The second-order valence-corrected chi connectivity index (χ2v) is 4.86. The van der Waals surface area contributed by atoms with E-state index in [1.54, 1.807) is 18.2 Å². The van der Waals surface area contributed by atoms with Crippen LogP contribution in [0.1, 0.15) is 34.6 Å². The van der Waals surface area contributed by atoms with E-state index in [4.69, 9.17) is 4.74 Å². The van der Waals surface area contributed by atoms with Crippen molar-refractivity contribution in [3.63, 3.8) is 0 Å². The number of hydrogen-bond acceptors (Lipinski definition) is 3. The molecule has 0 aliphatic heterocycles. The smallest absolute Gasteiger partial charge is 0.337 e. The van der Waals surface area contributed by atoms with E-state index in [1.165, 1.54) is 7.11 Å². The zero-order valence-electron chi connectivity index (χ0n) is 11.8. The lowest BCUT2D eigenvalue weighted by Crippen LogP contribution is -2.30. The van der Waals surface area contributed by atoms with Gasteiger partial charge in [0.25, 0.3) is 5.91 Å². The molecule has 0 unspecified atom stereocenters. The van der Waals surface area contributed by atoms with Crippen LogP contribution in [-0.2, 0) is 4.74 Å². The minimum Gasteiger partial charge on any atom is -0.465 e. The van der Waals surface area contributed by atoms with Crippen molar-refractivity contribution in [2.45, 2.75) is 19.9 Å². The molecule has 20 heavy (non-hydrogen) atoms. The van der Waals surface area contributed by atoms with E-state index < -0.39 is 5.97 Å². The number of nitrogens with one attached hydrogen (secondary N) is 1. The quantitative estimate of drug-likeness (QED) is 0.873. The van der Waals surface area contributed by atoms with E-state index in [-0.39, 0.29) is 11.9 Å². The maximum absolute atomic E-state index is 12.2. The lowest BCUT2D eigenvalue weighted by atomic mass is 10.0. The lowest BCUT2D eigenvalue weighted by molar-refractivity contribution is 0.0600. The SMILES string of the molecule is COC(=O)c1ccc2cccc(C(=O)NC(C)C)c2c1. The summed E-state index contributed by atoms with van der Waals surface area (Å²) >= 11 is 0. The number of carbonyl (C=O) groups is 2.